The van der Waals surface area contributed by atoms with Crippen molar-refractivity contribution >= 4 is 29.4 Å². The Morgan fingerprint density at radius 3 is 2.75 bits per heavy atom. The molecular formula is C10H12N2O3S. The molecule has 0 atom stereocenters. The second-order valence-electron chi connectivity index (χ2n) is 3.89. The van der Waals surface area contributed by atoms with Crippen LogP contribution >= 0.6 is 11.8 Å². The van der Waals surface area contributed by atoms with Gasteiger partial charge in [0.2, 0.25) is 11.8 Å². The van der Waals surface area contributed by atoms with Gasteiger partial charge in [0, 0.05) is 12.0 Å². The molecule has 6 heteroatoms. The first-order chi connectivity index (χ1) is 7.58. The summed E-state index contributed by atoms with van der Waals surface area (Å²) in [6, 6.07) is 0. The standard InChI is InChI=1S/C10H12N2O3S/c11-8(14)4-12-9(15)5-16-10(12)3-7(13)6-1-2-6/h3,6H,1-2,4-5H2,(H2,11,14)/b10-3-. The van der Waals surface area contributed by atoms with Crippen molar-refractivity contribution in [2.75, 3.05) is 12.3 Å². The zero-order valence-corrected chi connectivity index (χ0v) is 9.46. The topological polar surface area (TPSA) is 80.5 Å². The molecule has 16 heavy (non-hydrogen) atoms. The van der Waals surface area contributed by atoms with Gasteiger partial charge in [-0.2, -0.15) is 0 Å². The molecule has 0 spiro atoms. The fraction of sp³-hybridized carbons (Fsp3) is 0.500. The molecule has 1 saturated heterocycles. The molecule has 1 saturated carbocycles. The van der Waals surface area contributed by atoms with Gasteiger partial charge in [0.25, 0.3) is 0 Å². The number of carbonyl (C=O) groups excluding carboxylic acids is 3. The van der Waals surface area contributed by atoms with Crippen LogP contribution in [0.1, 0.15) is 12.8 Å². The molecule has 5 nitrogen and oxygen atoms in total. The molecule has 1 aliphatic carbocycles. The lowest BCUT2D eigenvalue weighted by molar-refractivity contribution is -0.130. The van der Waals surface area contributed by atoms with Gasteiger partial charge in [-0.1, -0.05) is 11.8 Å². The summed E-state index contributed by atoms with van der Waals surface area (Å²) in [5, 5.41) is 0.556. The summed E-state index contributed by atoms with van der Waals surface area (Å²) >= 11 is 1.28. The van der Waals surface area contributed by atoms with E-state index in [0.717, 1.165) is 12.8 Å². The monoisotopic (exact) mass is 240 g/mol. The minimum atomic E-state index is -0.569. The highest BCUT2D eigenvalue weighted by Gasteiger charge is 2.32. The van der Waals surface area contributed by atoms with Crippen LogP contribution in [0.15, 0.2) is 11.1 Å². The second kappa shape index (κ2) is 4.29. The third kappa shape index (κ3) is 2.44. The summed E-state index contributed by atoms with van der Waals surface area (Å²) in [6.45, 7) is -0.143. The quantitative estimate of drug-likeness (QED) is 0.694. The van der Waals surface area contributed by atoms with E-state index >= 15 is 0 Å². The van der Waals surface area contributed by atoms with E-state index < -0.39 is 5.91 Å². The minimum Gasteiger partial charge on any atom is -0.368 e. The van der Waals surface area contributed by atoms with Crippen LogP contribution in [0, 0.1) is 5.92 Å². The van der Waals surface area contributed by atoms with Gasteiger partial charge in [-0.05, 0) is 12.8 Å². The van der Waals surface area contributed by atoms with E-state index in [0.29, 0.717) is 5.03 Å². The highest BCUT2D eigenvalue weighted by Crippen LogP contribution is 2.34. The highest BCUT2D eigenvalue weighted by atomic mass is 32.2. The van der Waals surface area contributed by atoms with Crippen LogP contribution in [0.2, 0.25) is 0 Å². The summed E-state index contributed by atoms with van der Waals surface area (Å²) in [5.74, 6) is -0.290. The zero-order valence-electron chi connectivity index (χ0n) is 8.64. The normalized spacial score (nSPS) is 22.9. The Hall–Kier alpha value is -1.30. The Kier molecular flexibility index (Phi) is 3.00. The molecule has 2 aliphatic rings. The molecule has 2 fully saturated rings. The number of hydrogen-bond acceptors (Lipinski definition) is 4. The summed E-state index contributed by atoms with van der Waals surface area (Å²) in [4.78, 5) is 35.1. The van der Waals surface area contributed by atoms with Gasteiger partial charge in [-0.15, -0.1) is 0 Å². The van der Waals surface area contributed by atoms with Crippen molar-refractivity contribution in [3.05, 3.63) is 11.1 Å². The van der Waals surface area contributed by atoms with Crippen molar-refractivity contribution in [1.29, 1.82) is 0 Å². The van der Waals surface area contributed by atoms with Gasteiger partial charge in [-0.25, -0.2) is 0 Å². The van der Waals surface area contributed by atoms with E-state index in [1.807, 2.05) is 0 Å². The SMILES string of the molecule is NC(=O)CN1C(=O)CS/C1=C\C(=O)C1CC1. The largest absolute Gasteiger partial charge is 0.368 e. The number of ketones is 1. The molecule has 2 amide bonds. The second-order valence-corrected chi connectivity index (χ2v) is 4.89. The summed E-state index contributed by atoms with van der Waals surface area (Å²) in [7, 11) is 0. The Bertz CT molecular complexity index is 388. The Balaban J connectivity index is 2.09. The Morgan fingerprint density at radius 1 is 1.50 bits per heavy atom. The van der Waals surface area contributed by atoms with Gasteiger partial charge in [0.15, 0.2) is 5.78 Å². The van der Waals surface area contributed by atoms with E-state index in [2.05, 4.69) is 0 Å². The van der Waals surface area contributed by atoms with E-state index in [4.69, 9.17) is 5.73 Å². The molecule has 0 bridgehead atoms. The molecule has 0 aromatic heterocycles. The van der Waals surface area contributed by atoms with Crippen molar-refractivity contribution in [3.8, 4) is 0 Å². The molecular weight excluding hydrogens is 228 g/mol. The maximum Gasteiger partial charge on any atom is 0.238 e. The number of rotatable bonds is 4. The number of allylic oxidation sites excluding steroid dienone is 1. The summed E-state index contributed by atoms with van der Waals surface area (Å²) in [5.41, 5.74) is 5.05. The molecule has 2 rings (SSSR count). The van der Waals surface area contributed by atoms with Crippen LogP contribution < -0.4 is 5.73 Å². The fourth-order valence-electron chi connectivity index (χ4n) is 1.46. The van der Waals surface area contributed by atoms with Gasteiger partial charge in [0.1, 0.15) is 6.54 Å². The Morgan fingerprint density at radius 2 is 2.19 bits per heavy atom. The van der Waals surface area contributed by atoms with E-state index in [-0.39, 0.29) is 29.9 Å². The maximum atomic E-state index is 11.6. The first-order valence-corrected chi connectivity index (χ1v) is 6.03. The van der Waals surface area contributed by atoms with E-state index in [1.165, 1.54) is 22.7 Å². The average molecular weight is 240 g/mol. The molecule has 0 radical (unpaired) electrons. The number of hydrogen-bond donors (Lipinski definition) is 1. The van der Waals surface area contributed by atoms with Crippen molar-refractivity contribution in [2.24, 2.45) is 11.7 Å². The Labute approximate surface area is 97.0 Å². The lowest BCUT2D eigenvalue weighted by Gasteiger charge is -2.14. The minimum absolute atomic E-state index is 0.0478. The number of primary amides is 1. The van der Waals surface area contributed by atoms with Crippen LogP contribution in [0.25, 0.3) is 0 Å². The molecule has 86 valence electrons. The van der Waals surface area contributed by atoms with E-state index in [9.17, 15) is 14.4 Å². The molecule has 2 N–H and O–H groups in total. The third-order valence-corrected chi connectivity index (χ3v) is 3.50. The lowest BCUT2D eigenvalue weighted by atomic mass is 10.2. The number of carbonyl (C=O) groups is 3. The number of nitrogens with two attached hydrogens (primary N) is 1. The molecule has 0 unspecified atom stereocenters. The summed E-state index contributed by atoms with van der Waals surface area (Å²) < 4.78 is 0. The average Bonchev–Trinajstić information content (AvgIpc) is 2.99. The zero-order chi connectivity index (χ0) is 11.7. The van der Waals surface area contributed by atoms with Gasteiger partial charge >= 0.3 is 0 Å². The molecule has 0 aromatic carbocycles. The molecule has 1 aliphatic heterocycles. The smallest absolute Gasteiger partial charge is 0.238 e. The van der Waals surface area contributed by atoms with Crippen LogP contribution in [0.5, 0.6) is 0 Å². The van der Waals surface area contributed by atoms with Crippen molar-refractivity contribution in [3.63, 3.8) is 0 Å². The van der Waals surface area contributed by atoms with Gasteiger partial charge in [-0.3, -0.25) is 19.3 Å². The van der Waals surface area contributed by atoms with Gasteiger partial charge in [0.05, 0.1) is 10.8 Å². The third-order valence-electron chi connectivity index (χ3n) is 2.47. The van der Waals surface area contributed by atoms with Crippen molar-refractivity contribution in [2.45, 2.75) is 12.8 Å². The van der Waals surface area contributed by atoms with E-state index in [1.54, 1.807) is 0 Å². The summed E-state index contributed by atoms with van der Waals surface area (Å²) in [6.07, 6.45) is 3.32. The van der Waals surface area contributed by atoms with Gasteiger partial charge < -0.3 is 5.73 Å². The predicted octanol–water partition coefficient (Wildman–Crippen LogP) is -0.132. The van der Waals surface area contributed by atoms with Crippen LogP contribution in [0.3, 0.4) is 0 Å². The maximum absolute atomic E-state index is 11.6. The van der Waals surface area contributed by atoms with Crippen LogP contribution in [0.4, 0.5) is 0 Å². The first kappa shape index (κ1) is 11.2. The fourth-order valence-corrected chi connectivity index (χ4v) is 2.41. The van der Waals surface area contributed by atoms with Crippen LogP contribution in [-0.2, 0) is 14.4 Å². The number of thioether (sulfide) groups is 1. The number of amides is 2. The lowest BCUT2D eigenvalue weighted by Crippen LogP contribution is -2.34. The highest BCUT2D eigenvalue weighted by molar-refractivity contribution is 8.04. The molecule has 0 aromatic rings. The van der Waals surface area contributed by atoms with Crippen molar-refractivity contribution in [1.82, 2.24) is 4.90 Å². The van der Waals surface area contributed by atoms with Crippen molar-refractivity contribution < 1.29 is 14.4 Å². The number of nitrogens with zero attached hydrogens (tertiary/aromatic N) is 1. The first-order valence-electron chi connectivity index (χ1n) is 5.05. The molecule has 1 heterocycles. The predicted molar refractivity (Wildman–Crippen MR) is 59.2 cm³/mol. The van der Waals surface area contributed by atoms with Crippen LogP contribution in [-0.4, -0.2) is 34.8 Å².